The summed E-state index contributed by atoms with van der Waals surface area (Å²) >= 11 is 0. The molecule has 2 nitrogen and oxygen atoms in total. The van der Waals surface area contributed by atoms with Crippen molar-refractivity contribution in [3.63, 3.8) is 0 Å². The molecule has 1 fully saturated rings. The Morgan fingerprint density at radius 1 is 1.19 bits per heavy atom. The first-order valence-corrected chi connectivity index (χ1v) is 6.99. The molecule has 2 heteroatoms. The van der Waals surface area contributed by atoms with Gasteiger partial charge in [0.05, 0.1) is 0 Å². The van der Waals surface area contributed by atoms with Gasteiger partial charge in [0, 0.05) is 30.2 Å². The highest BCUT2D eigenvalue weighted by atomic mass is 15.2. The summed E-state index contributed by atoms with van der Waals surface area (Å²) < 4.78 is 0. The van der Waals surface area contributed by atoms with Crippen LogP contribution in [0.4, 0.5) is 0 Å². The minimum Gasteiger partial charge on any atom is -0.312 e. The summed E-state index contributed by atoms with van der Waals surface area (Å²) in [5, 5.41) is 3.71. The van der Waals surface area contributed by atoms with Crippen LogP contribution in [0, 0.1) is 0 Å². The lowest BCUT2D eigenvalue weighted by atomic mass is 9.89. The highest BCUT2D eigenvalue weighted by molar-refractivity contribution is 4.91. The van der Waals surface area contributed by atoms with Gasteiger partial charge in [0.2, 0.25) is 0 Å². The molecule has 0 amide bonds. The molecule has 0 aromatic rings. The molecule has 16 heavy (non-hydrogen) atoms. The second kappa shape index (κ2) is 6.02. The average molecular weight is 226 g/mol. The number of rotatable bonds is 4. The lowest BCUT2D eigenvalue weighted by Crippen LogP contribution is -2.56. The Balaban J connectivity index is 2.63. The Morgan fingerprint density at radius 2 is 1.81 bits per heavy atom. The van der Waals surface area contributed by atoms with Crippen molar-refractivity contribution in [2.24, 2.45) is 0 Å². The maximum atomic E-state index is 3.71. The summed E-state index contributed by atoms with van der Waals surface area (Å²) in [4.78, 5) is 2.71. The lowest BCUT2D eigenvalue weighted by molar-refractivity contribution is 0.0405. The number of piperidine rings is 1. The predicted molar refractivity (Wildman–Crippen MR) is 71.8 cm³/mol. The maximum Gasteiger partial charge on any atom is 0.0113 e. The summed E-state index contributed by atoms with van der Waals surface area (Å²) in [7, 11) is 0. The number of likely N-dealkylation sites (tertiary alicyclic amines) is 1. The van der Waals surface area contributed by atoms with Crippen LogP contribution in [0.1, 0.15) is 60.8 Å². The first-order chi connectivity index (χ1) is 7.45. The average Bonchev–Trinajstić information content (AvgIpc) is 2.14. The molecular formula is C14H30N2. The van der Waals surface area contributed by atoms with Crippen LogP contribution in [-0.2, 0) is 0 Å². The van der Waals surface area contributed by atoms with Gasteiger partial charge in [-0.1, -0.05) is 20.8 Å². The molecule has 1 aliphatic heterocycles. The van der Waals surface area contributed by atoms with E-state index in [-0.39, 0.29) is 0 Å². The fourth-order valence-corrected chi connectivity index (χ4v) is 3.36. The van der Waals surface area contributed by atoms with Gasteiger partial charge < -0.3 is 5.32 Å². The Hall–Kier alpha value is -0.0800. The topological polar surface area (TPSA) is 15.3 Å². The third-order valence-corrected chi connectivity index (χ3v) is 3.75. The Kier molecular flexibility index (Phi) is 5.26. The molecular weight excluding hydrogens is 196 g/mol. The molecule has 0 unspecified atom stereocenters. The Labute approximate surface area is 102 Å². The van der Waals surface area contributed by atoms with E-state index in [0.717, 1.165) is 18.1 Å². The van der Waals surface area contributed by atoms with Gasteiger partial charge in [-0.25, -0.2) is 0 Å². The van der Waals surface area contributed by atoms with E-state index in [9.17, 15) is 0 Å². The van der Waals surface area contributed by atoms with E-state index in [4.69, 9.17) is 0 Å². The fourth-order valence-electron chi connectivity index (χ4n) is 3.36. The minimum atomic E-state index is 0.611. The standard InChI is InChI=1S/C14H30N2/c1-7-14-9-13(15-10(2)3)8-12(6)16(14)11(4)5/h10-15H,7-9H2,1-6H3/t12-,13+,14+/m1/s1. The van der Waals surface area contributed by atoms with E-state index in [2.05, 4.69) is 51.8 Å². The summed E-state index contributed by atoms with van der Waals surface area (Å²) in [5.74, 6) is 0. The van der Waals surface area contributed by atoms with E-state index in [1.807, 2.05) is 0 Å². The van der Waals surface area contributed by atoms with Crippen LogP contribution in [0.15, 0.2) is 0 Å². The number of nitrogens with one attached hydrogen (secondary N) is 1. The van der Waals surface area contributed by atoms with E-state index in [0.29, 0.717) is 12.1 Å². The highest BCUT2D eigenvalue weighted by Crippen LogP contribution is 2.27. The molecule has 1 rings (SSSR count). The lowest BCUT2D eigenvalue weighted by Gasteiger charge is -2.46. The van der Waals surface area contributed by atoms with Gasteiger partial charge in [0.15, 0.2) is 0 Å². The molecule has 0 aliphatic carbocycles. The summed E-state index contributed by atoms with van der Waals surface area (Å²) in [6.45, 7) is 13.9. The molecule has 0 aromatic carbocycles. The van der Waals surface area contributed by atoms with E-state index in [1.165, 1.54) is 19.3 Å². The van der Waals surface area contributed by atoms with Crippen LogP contribution in [0.3, 0.4) is 0 Å². The van der Waals surface area contributed by atoms with Crippen LogP contribution < -0.4 is 5.32 Å². The largest absolute Gasteiger partial charge is 0.312 e. The Bertz CT molecular complexity index is 201. The maximum absolute atomic E-state index is 3.71. The van der Waals surface area contributed by atoms with Gasteiger partial charge >= 0.3 is 0 Å². The smallest absolute Gasteiger partial charge is 0.0113 e. The zero-order chi connectivity index (χ0) is 12.3. The van der Waals surface area contributed by atoms with Crippen molar-refractivity contribution in [2.75, 3.05) is 0 Å². The molecule has 0 radical (unpaired) electrons. The molecule has 1 N–H and O–H groups in total. The SMILES string of the molecule is CC[C@H]1C[C@@H](NC(C)C)C[C@@H](C)N1C(C)C. The van der Waals surface area contributed by atoms with Crippen molar-refractivity contribution >= 4 is 0 Å². The molecule has 96 valence electrons. The van der Waals surface area contributed by atoms with Crippen molar-refractivity contribution in [1.29, 1.82) is 0 Å². The van der Waals surface area contributed by atoms with Gasteiger partial charge in [0.25, 0.3) is 0 Å². The van der Waals surface area contributed by atoms with Crippen LogP contribution >= 0.6 is 0 Å². The normalized spacial score (nSPS) is 32.6. The molecule has 0 aromatic heterocycles. The van der Waals surface area contributed by atoms with Gasteiger partial charge in [-0.15, -0.1) is 0 Å². The van der Waals surface area contributed by atoms with Gasteiger partial charge in [-0.2, -0.15) is 0 Å². The van der Waals surface area contributed by atoms with Crippen molar-refractivity contribution in [1.82, 2.24) is 10.2 Å². The van der Waals surface area contributed by atoms with Gasteiger partial charge in [-0.05, 0) is 40.0 Å². The molecule has 1 heterocycles. The van der Waals surface area contributed by atoms with Crippen molar-refractivity contribution in [2.45, 2.75) is 91.0 Å². The van der Waals surface area contributed by atoms with Crippen molar-refractivity contribution in [3.05, 3.63) is 0 Å². The monoisotopic (exact) mass is 226 g/mol. The number of hydrogen-bond donors (Lipinski definition) is 1. The first kappa shape index (κ1) is 14.0. The fraction of sp³-hybridized carbons (Fsp3) is 1.00. The summed E-state index contributed by atoms with van der Waals surface area (Å²) in [6.07, 6.45) is 3.89. The molecule has 0 spiro atoms. The summed E-state index contributed by atoms with van der Waals surface area (Å²) in [5.41, 5.74) is 0. The van der Waals surface area contributed by atoms with Gasteiger partial charge in [0.1, 0.15) is 0 Å². The zero-order valence-corrected chi connectivity index (χ0v) is 12.0. The minimum absolute atomic E-state index is 0.611. The highest BCUT2D eigenvalue weighted by Gasteiger charge is 2.33. The molecule has 1 saturated heterocycles. The number of nitrogens with zero attached hydrogens (tertiary/aromatic N) is 1. The third kappa shape index (κ3) is 3.46. The van der Waals surface area contributed by atoms with Crippen LogP contribution in [-0.4, -0.2) is 35.1 Å². The van der Waals surface area contributed by atoms with Crippen LogP contribution in [0.25, 0.3) is 0 Å². The Morgan fingerprint density at radius 3 is 2.25 bits per heavy atom. The van der Waals surface area contributed by atoms with Gasteiger partial charge in [-0.3, -0.25) is 4.90 Å². The van der Waals surface area contributed by atoms with Crippen LogP contribution in [0.5, 0.6) is 0 Å². The second-order valence-corrected chi connectivity index (χ2v) is 5.94. The molecule has 0 saturated carbocycles. The molecule has 1 aliphatic rings. The van der Waals surface area contributed by atoms with Crippen molar-refractivity contribution in [3.8, 4) is 0 Å². The van der Waals surface area contributed by atoms with Crippen LogP contribution in [0.2, 0.25) is 0 Å². The van der Waals surface area contributed by atoms with E-state index >= 15 is 0 Å². The van der Waals surface area contributed by atoms with E-state index in [1.54, 1.807) is 0 Å². The third-order valence-electron chi connectivity index (χ3n) is 3.75. The zero-order valence-electron chi connectivity index (χ0n) is 12.0. The van der Waals surface area contributed by atoms with E-state index < -0.39 is 0 Å². The predicted octanol–water partition coefficient (Wildman–Crippen LogP) is 3.02. The summed E-state index contributed by atoms with van der Waals surface area (Å²) in [6, 6.07) is 3.49. The molecule has 0 bridgehead atoms. The van der Waals surface area contributed by atoms with Crippen molar-refractivity contribution < 1.29 is 0 Å². The second-order valence-electron chi connectivity index (χ2n) is 5.94. The quantitative estimate of drug-likeness (QED) is 0.792. The first-order valence-electron chi connectivity index (χ1n) is 6.99. The number of hydrogen-bond acceptors (Lipinski definition) is 2. The molecule has 3 atom stereocenters.